The van der Waals surface area contributed by atoms with E-state index in [-0.39, 0.29) is 29.1 Å². The SMILES string of the molecule is COC(=O)c1cc(NC(=O)CC2C(=O)NCCN2C(=S)Nc2ccccc2)cc(C(=O)OC)c1. The van der Waals surface area contributed by atoms with Crippen molar-refractivity contribution in [1.82, 2.24) is 10.2 Å². The van der Waals surface area contributed by atoms with E-state index in [0.29, 0.717) is 18.2 Å². The van der Waals surface area contributed by atoms with Crippen molar-refractivity contribution in [1.29, 1.82) is 0 Å². The van der Waals surface area contributed by atoms with Gasteiger partial charge in [-0.25, -0.2) is 9.59 Å². The zero-order chi connectivity index (χ0) is 24.7. The van der Waals surface area contributed by atoms with Crippen molar-refractivity contribution in [2.75, 3.05) is 37.9 Å². The van der Waals surface area contributed by atoms with Crippen LogP contribution in [-0.2, 0) is 19.1 Å². The third kappa shape index (κ3) is 6.07. The van der Waals surface area contributed by atoms with Gasteiger partial charge in [-0.2, -0.15) is 0 Å². The number of carbonyl (C=O) groups is 4. The standard InChI is InChI=1S/C23H24N4O6S/c1-32-21(30)14-10-15(22(31)33-2)12-17(11-14)25-19(28)13-18-20(29)24-8-9-27(18)23(34)26-16-6-4-3-5-7-16/h3-7,10-12,18H,8-9,13H2,1-2H3,(H,24,29)(H,25,28)(H,26,34). The molecule has 1 saturated heterocycles. The van der Waals surface area contributed by atoms with E-state index in [2.05, 4.69) is 16.0 Å². The van der Waals surface area contributed by atoms with Crippen molar-refractivity contribution >= 4 is 52.5 Å². The van der Waals surface area contributed by atoms with Crippen molar-refractivity contribution in [3.63, 3.8) is 0 Å². The quantitative estimate of drug-likeness (QED) is 0.415. The van der Waals surface area contributed by atoms with Crippen molar-refractivity contribution in [2.24, 2.45) is 0 Å². The van der Waals surface area contributed by atoms with Crippen LogP contribution in [0.25, 0.3) is 0 Å². The predicted molar refractivity (Wildman–Crippen MR) is 129 cm³/mol. The molecule has 1 atom stereocenters. The number of carbonyl (C=O) groups excluding carboxylic acids is 4. The van der Waals surface area contributed by atoms with E-state index in [4.69, 9.17) is 21.7 Å². The average molecular weight is 485 g/mol. The molecular formula is C23H24N4O6S. The molecule has 1 unspecified atom stereocenters. The molecule has 1 heterocycles. The zero-order valence-electron chi connectivity index (χ0n) is 18.6. The molecule has 34 heavy (non-hydrogen) atoms. The van der Waals surface area contributed by atoms with Crippen molar-refractivity contribution in [2.45, 2.75) is 12.5 Å². The van der Waals surface area contributed by atoms with Gasteiger partial charge in [-0.3, -0.25) is 9.59 Å². The average Bonchev–Trinajstić information content (AvgIpc) is 2.84. The van der Waals surface area contributed by atoms with Crippen LogP contribution in [0.1, 0.15) is 27.1 Å². The number of rotatable bonds is 6. The second-order valence-corrected chi connectivity index (χ2v) is 7.72. The molecule has 0 saturated carbocycles. The lowest BCUT2D eigenvalue weighted by Gasteiger charge is -2.36. The summed E-state index contributed by atoms with van der Waals surface area (Å²) >= 11 is 5.49. The normalized spacial score (nSPS) is 15.1. The smallest absolute Gasteiger partial charge is 0.337 e. The van der Waals surface area contributed by atoms with Gasteiger partial charge in [-0.1, -0.05) is 18.2 Å². The summed E-state index contributed by atoms with van der Waals surface area (Å²) in [5.41, 5.74) is 1.06. The Labute approximate surface area is 201 Å². The number of methoxy groups -OCH3 is 2. The zero-order valence-corrected chi connectivity index (χ0v) is 19.4. The summed E-state index contributed by atoms with van der Waals surface area (Å²) in [7, 11) is 2.40. The number of nitrogens with one attached hydrogen (secondary N) is 3. The van der Waals surface area contributed by atoms with Crippen LogP contribution in [0, 0.1) is 0 Å². The first-order chi connectivity index (χ1) is 16.3. The van der Waals surface area contributed by atoms with Gasteiger partial charge >= 0.3 is 11.9 Å². The van der Waals surface area contributed by atoms with Crippen molar-refractivity contribution in [3.8, 4) is 0 Å². The number of hydrogen-bond acceptors (Lipinski definition) is 7. The van der Waals surface area contributed by atoms with Crippen LogP contribution in [0.5, 0.6) is 0 Å². The van der Waals surface area contributed by atoms with Gasteiger partial charge in [0.15, 0.2) is 5.11 Å². The van der Waals surface area contributed by atoms with E-state index in [1.54, 1.807) is 4.90 Å². The van der Waals surface area contributed by atoms with E-state index in [0.717, 1.165) is 5.69 Å². The third-order valence-corrected chi connectivity index (χ3v) is 5.39. The Morgan fingerprint density at radius 3 is 2.21 bits per heavy atom. The topological polar surface area (TPSA) is 126 Å². The fraction of sp³-hybridized carbons (Fsp3) is 0.261. The van der Waals surface area contributed by atoms with Crippen LogP contribution in [0.15, 0.2) is 48.5 Å². The van der Waals surface area contributed by atoms with Gasteiger partial charge in [-0.05, 0) is 42.5 Å². The summed E-state index contributed by atoms with van der Waals surface area (Å²) in [5.74, 6) is -2.21. The Bertz CT molecular complexity index is 1070. The predicted octanol–water partition coefficient (Wildman–Crippen LogP) is 1.79. The fourth-order valence-electron chi connectivity index (χ4n) is 3.44. The molecule has 1 aliphatic heterocycles. The largest absolute Gasteiger partial charge is 0.465 e. The molecule has 3 N–H and O–H groups in total. The number of anilines is 2. The number of esters is 2. The molecule has 0 aromatic heterocycles. The van der Waals surface area contributed by atoms with E-state index < -0.39 is 23.9 Å². The third-order valence-electron chi connectivity index (χ3n) is 5.05. The van der Waals surface area contributed by atoms with Crippen LogP contribution in [0.3, 0.4) is 0 Å². The van der Waals surface area contributed by atoms with Gasteiger partial charge in [0.05, 0.1) is 31.8 Å². The van der Waals surface area contributed by atoms with Gasteiger partial charge in [0.25, 0.3) is 0 Å². The minimum absolute atomic E-state index is 0.0611. The molecule has 178 valence electrons. The van der Waals surface area contributed by atoms with Gasteiger partial charge in [-0.15, -0.1) is 0 Å². The van der Waals surface area contributed by atoms with E-state index >= 15 is 0 Å². The van der Waals surface area contributed by atoms with Gasteiger partial charge in [0.2, 0.25) is 11.8 Å². The first kappa shape index (κ1) is 24.6. The molecule has 2 amide bonds. The van der Waals surface area contributed by atoms with Crippen LogP contribution in [-0.4, -0.2) is 67.1 Å². The van der Waals surface area contributed by atoms with E-state index in [1.807, 2.05) is 30.3 Å². The summed E-state index contributed by atoms with van der Waals surface area (Å²) in [6.07, 6.45) is -0.210. The van der Waals surface area contributed by atoms with Crippen molar-refractivity contribution < 1.29 is 28.7 Å². The van der Waals surface area contributed by atoms with Gasteiger partial charge in [0, 0.05) is 24.5 Å². The molecule has 1 aliphatic rings. The highest BCUT2D eigenvalue weighted by Crippen LogP contribution is 2.19. The highest BCUT2D eigenvalue weighted by molar-refractivity contribution is 7.80. The maximum atomic E-state index is 12.8. The number of ether oxygens (including phenoxy) is 2. The van der Waals surface area contributed by atoms with Crippen LogP contribution in [0.2, 0.25) is 0 Å². The molecule has 1 fully saturated rings. The number of amides is 2. The lowest BCUT2D eigenvalue weighted by atomic mass is 10.1. The summed E-state index contributed by atoms with van der Waals surface area (Å²) in [6, 6.07) is 12.5. The number of thiocarbonyl (C=S) groups is 1. The summed E-state index contributed by atoms with van der Waals surface area (Å²) in [4.78, 5) is 51.0. The van der Waals surface area contributed by atoms with Crippen LogP contribution >= 0.6 is 12.2 Å². The Balaban J connectivity index is 1.76. The van der Waals surface area contributed by atoms with E-state index in [1.165, 1.54) is 32.4 Å². The highest BCUT2D eigenvalue weighted by Gasteiger charge is 2.33. The highest BCUT2D eigenvalue weighted by atomic mass is 32.1. The minimum atomic E-state index is -0.846. The first-order valence-corrected chi connectivity index (χ1v) is 10.7. The van der Waals surface area contributed by atoms with Gasteiger partial charge < -0.3 is 30.3 Å². The second kappa shape index (κ2) is 11.2. The molecule has 10 nitrogen and oxygen atoms in total. The van der Waals surface area contributed by atoms with E-state index in [9.17, 15) is 19.2 Å². The van der Waals surface area contributed by atoms with Gasteiger partial charge in [0.1, 0.15) is 6.04 Å². The van der Waals surface area contributed by atoms with Crippen LogP contribution < -0.4 is 16.0 Å². The minimum Gasteiger partial charge on any atom is -0.465 e. The van der Waals surface area contributed by atoms with Crippen LogP contribution in [0.4, 0.5) is 11.4 Å². The maximum Gasteiger partial charge on any atom is 0.337 e. The number of benzene rings is 2. The number of nitrogens with zero attached hydrogens (tertiary/aromatic N) is 1. The molecule has 2 aromatic rings. The lowest BCUT2D eigenvalue weighted by molar-refractivity contribution is -0.130. The summed E-state index contributed by atoms with van der Waals surface area (Å²) in [6.45, 7) is 0.809. The summed E-state index contributed by atoms with van der Waals surface area (Å²) in [5, 5.41) is 8.78. The fourth-order valence-corrected chi connectivity index (χ4v) is 3.77. The molecule has 0 bridgehead atoms. The molecule has 2 aromatic carbocycles. The lowest BCUT2D eigenvalue weighted by Crippen LogP contribution is -2.58. The molecular weight excluding hydrogens is 460 g/mol. The summed E-state index contributed by atoms with van der Waals surface area (Å²) < 4.78 is 9.41. The Morgan fingerprint density at radius 1 is 1.00 bits per heavy atom. The molecule has 0 spiro atoms. The number of para-hydroxylation sites is 1. The molecule has 0 aliphatic carbocycles. The molecule has 3 rings (SSSR count). The number of hydrogen-bond donors (Lipinski definition) is 3. The Morgan fingerprint density at radius 2 is 1.62 bits per heavy atom. The monoisotopic (exact) mass is 484 g/mol. The first-order valence-electron chi connectivity index (χ1n) is 10.3. The maximum absolute atomic E-state index is 12.8. The Kier molecular flexibility index (Phi) is 8.14. The second-order valence-electron chi connectivity index (χ2n) is 7.33. The molecule has 11 heteroatoms. The number of piperazine rings is 1. The molecule has 0 radical (unpaired) electrons. The van der Waals surface area contributed by atoms with Crippen molar-refractivity contribution in [3.05, 3.63) is 59.7 Å². The Hall–Kier alpha value is -3.99.